The molecule has 1 N–H and O–H groups in total. The molecule has 2 aromatic rings. The predicted octanol–water partition coefficient (Wildman–Crippen LogP) is 4.12. The number of hydrogen-bond donors (Lipinski definition) is 1. The number of aryl methyl sites for hydroxylation is 1. The first kappa shape index (κ1) is 22.2. The summed E-state index contributed by atoms with van der Waals surface area (Å²) in [6, 6.07) is 11.1. The van der Waals surface area contributed by atoms with Crippen LogP contribution in [0.25, 0.3) is 0 Å². The Morgan fingerprint density at radius 2 is 1.90 bits per heavy atom. The molecule has 160 valence electrons. The molecule has 0 amide bonds. The summed E-state index contributed by atoms with van der Waals surface area (Å²) in [6.07, 6.45) is 3.96. The Morgan fingerprint density at radius 1 is 1.21 bits per heavy atom. The van der Waals surface area contributed by atoms with Gasteiger partial charge in [0.25, 0.3) is 0 Å². The Labute approximate surface area is 176 Å². The maximum absolute atomic E-state index is 9.72. The fourth-order valence-corrected chi connectivity index (χ4v) is 5.32. The van der Waals surface area contributed by atoms with Crippen LogP contribution in [0.15, 0.2) is 36.5 Å². The zero-order valence-corrected chi connectivity index (χ0v) is 19.9. The number of likely N-dealkylation sites (tertiary alicyclic amines) is 1. The molecule has 1 aliphatic rings. The van der Waals surface area contributed by atoms with Gasteiger partial charge in [-0.25, -0.2) is 0 Å². The predicted molar refractivity (Wildman–Crippen MR) is 120 cm³/mol. The summed E-state index contributed by atoms with van der Waals surface area (Å²) < 4.78 is 8.70. The molecule has 0 spiro atoms. The number of benzene rings is 1. The first-order chi connectivity index (χ1) is 13.6. The smallest absolute Gasteiger partial charge is 0.192 e. The van der Waals surface area contributed by atoms with E-state index >= 15 is 0 Å². The number of aliphatic hydroxyl groups is 1. The largest absolute Gasteiger partial charge is 0.413 e. The van der Waals surface area contributed by atoms with E-state index in [1.54, 1.807) is 6.20 Å². The third-order valence-electron chi connectivity index (χ3n) is 6.73. The topological polar surface area (TPSA) is 50.5 Å². The summed E-state index contributed by atoms with van der Waals surface area (Å²) in [5.74, 6) is 0. The van der Waals surface area contributed by atoms with Gasteiger partial charge in [0, 0.05) is 43.9 Å². The van der Waals surface area contributed by atoms with Gasteiger partial charge in [-0.1, -0.05) is 51.1 Å². The van der Waals surface area contributed by atoms with Gasteiger partial charge in [-0.3, -0.25) is 9.58 Å². The van der Waals surface area contributed by atoms with Crippen LogP contribution in [0.2, 0.25) is 18.1 Å². The maximum atomic E-state index is 9.72. The second kappa shape index (κ2) is 8.72. The third kappa shape index (κ3) is 5.18. The lowest BCUT2D eigenvalue weighted by Crippen LogP contribution is -2.44. The van der Waals surface area contributed by atoms with E-state index in [4.69, 9.17) is 4.43 Å². The van der Waals surface area contributed by atoms with Gasteiger partial charge >= 0.3 is 0 Å². The lowest BCUT2D eigenvalue weighted by molar-refractivity contribution is 0.177. The van der Waals surface area contributed by atoms with Gasteiger partial charge in [0.2, 0.25) is 0 Å². The summed E-state index contributed by atoms with van der Waals surface area (Å²) in [6.45, 7) is 13.5. The van der Waals surface area contributed by atoms with E-state index in [2.05, 4.69) is 74.2 Å². The minimum Gasteiger partial charge on any atom is -0.413 e. The minimum absolute atomic E-state index is 0.0402. The molecule has 0 saturated carbocycles. The van der Waals surface area contributed by atoms with Crippen LogP contribution >= 0.6 is 0 Å². The van der Waals surface area contributed by atoms with Gasteiger partial charge in [-0.05, 0) is 30.1 Å². The van der Waals surface area contributed by atoms with E-state index in [0.29, 0.717) is 6.04 Å². The number of aliphatic hydroxyl groups excluding tert-OH is 1. The highest BCUT2D eigenvalue weighted by Crippen LogP contribution is 2.39. The number of nitrogens with zero attached hydrogens (tertiary/aromatic N) is 3. The highest BCUT2D eigenvalue weighted by molar-refractivity contribution is 6.74. The fraction of sp³-hybridized carbons (Fsp3) is 0.609. The molecule has 1 saturated heterocycles. The molecule has 6 heteroatoms. The second-order valence-corrected chi connectivity index (χ2v) is 14.7. The van der Waals surface area contributed by atoms with Crippen LogP contribution in [0.1, 0.15) is 44.0 Å². The summed E-state index contributed by atoms with van der Waals surface area (Å²) in [7, 11) is 0.154. The summed E-state index contributed by atoms with van der Waals surface area (Å²) in [5.41, 5.74) is 3.39. The van der Waals surface area contributed by atoms with Crippen LogP contribution < -0.4 is 0 Å². The van der Waals surface area contributed by atoms with Crippen LogP contribution in [-0.4, -0.2) is 46.8 Å². The number of aromatic nitrogens is 2. The molecule has 2 heterocycles. The van der Waals surface area contributed by atoms with E-state index in [1.807, 2.05) is 11.7 Å². The SMILES string of the molecule is Cn1ncc(CO)c1C[C@@H]1C[C@@H](O[Si](C)(C)C(C)(C)C)CN1Cc1ccccc1. The van der Waals surface area contributed by atoms with E-state index in [0.717, 1.165) is 37.2 Å². The molecular weight excluding hydrogens is 378 g/mol. The molecule has 2 atom stereocenters. The van der Waals surface area contributed by atoms with Crippen molar-refractivity contribution in [1.82, 2.24) is 14.7 Å². The van der Waals surface area contributed by atoms with Crippen LogP contribution in [0.3, 0.4) is 0 Å². The molecule has 1 aliphatic heterocycles. The number of rotatable bonds is 7. The first-order valence-corrected chi connectivity index (χ1v) is 13.6. The highest BCUT2D eigenvalue weighted by Gasteiger charge is 2.42. The Balaban J connectivity index is 1.79. The second-order valence-electron chi connectivity index (χ2n) is 9.91. The summed E-state index contributed by atoms with van der Waals surface area (Å²) in [5, 5.41) is 14.3. The molecular formula is C23H37N3O2Si. The molecule has 0 bridgehead atoms. The lowest BCUT2D eigenvalue weighted by atomic mass is 10.0. The maximum Gasteiger partial charge on any atom is 0.192 e. The van der Waals surface area contributed by atoms with Gasteiger partial charge in [0.05, 0.1) is 18.9 Å². The van der Waals surface area contributed by atoms with Crippen molar-refractivity contribution >= 4 is 8.32 Å². The molecule has 29 heavy (non-hydrogen) atoms. The van der Waals surface area contributed by atoms with E-state index in [-0.39, 0.29) is 17.7 Å². The molecule has 1 aromatic carbocycles. The van der Waals surface area contributed by atoms with Crippen molar-refractivity contribution in [2.75, 3.05) is 6.54 Å². The first-order valence-electron chi connectivity index (χ1n) is 10.7. The average Bonchev–Trinajstić information content (AvgIpc) is 3.18. The Hall–Kier alpha value is -1.47. The van der Waals surface area contributed by atoms with Crippen molar-refractivity contribution in [3.8, 4) is 0 Å². The third-order valence-corrected chi connectivity index (χ3v) is 11.3. The van der Waals surface area contributed by atoms with E-state index < -0.39 is 8.32 Å². The molecule has 0 aliphatic carbocycles. The van der Waals surface area contributed by atoms with Gasteiger partial charge in [-0.15, -0.1) is 0 Å². The van der Waals surface area contributed by atoms with Crippen LogP contribution in [-0.2, 0) is 31.0 Å². The highest BCUT2D eigenvalue weighted by atomic mass is 28.4. The Kier molecular flexibility index (Phi) is 6.68. The Bertz CT molecular complexity index is 798. The lowest BCUT2D eigenvalue weighted by Gasteiger charge is -2.38. The molecule has 1 aromatic heterocycles. The summed E-state index contributed by atoms with van der Waals surface area (Å²) in [4.78, 5) is 2.56. The van der Waals surface area contributed by atoms with Crippen LogP contribution in [0.5, 0.6) is 0 Å². The average molecular weight is 416 g/mol. The molecule has 0 unspecified atom stereocenters. The Morgan fingerprint density at radius 3 is 2.52 bits per heavy atom. The quantitative estimate of drug-likeness (QED) is 0.691. The van der Waals surface area contributed by atoms with Crippen LogP contribution in [0.4, 0.5) is 0 Å². The van der Waals surface area contributed by atoms with Gasteiger partial charge in [-0.2, -0.15) is 5.10 Å². The van der Waals surface area contributed by atoms with Crippen molar-refractivity contribution in [2.45, 2.75) is 77.0 Å². The zero-order chi connectivity index (χ0) is 21.2. The van der Waals surface area contributed by atoms with Gasteiger partial charge in [0.15, 0.2) is 8.32 Å². The molecule has 0 radical (unpaired) electrons. The van der Waals surface area contributed by atoms with Crippen molar-refractivity contribution in [2.24, 2.45) is 7.05 Å². The normalized spacial score (nSPS) is 21.1. The van der Waals surface area contributed by atoms with Gasteiger partial charge < -0.3 is 9.53 Å². The van der Waals surface area contributed by atoms with Gasteiger partial charge in [0.1, 0.15) is 0 Å². The fourth-order valence-electron chi connectivity index (χ4n) is 3.97. The minimum atomic E-state index is -1.81. The van der Waals surface area contributed by atoms with Crippen molar-refractivity contribution in [3.05, 3.63) is 53.3 Å². The molecule has 5 nitrogen and oxygen atoms in total. The molecule has 3 rings (SSSR count). The number of hydrogen-bond acceptors (Lipinski definition) is 4. The monoisotopic (exact) mass is 415 g/mol. The van der Waals surface area contributed by atoms with E-state index in [1.165, 1.54) is 5.56 Å². The zero-order valence-electron chi connectivity index (χ0n) is 18.9. The summed E-state index contributed by atoms with van der Waals surface area (Å²) >= 11 is 0. The molecule has 1 fully saturated rings. The van der Waals surface area contributed by atoms with Crippen molar-refractivity contribution in [1.29, 1.82) is 0 Å². The van der Waals surface area contributed by atoms with E-state index in [9.17, 15) is 5.11 Å². The standard InChI is InChI=1S/C23H37N3O2Si/c1-23(2,3)29(5,6)28-21-12-20(13-22-19(17-27)14-24-25(22)4)26(16-21)15-18-10-8-7-9-11-18/h7-11,14,20-21,27H,12-13,15-17H2,1-6H3/t20-,21+/m0/s1. The van der Waals surface area contributed by atoms with Crippen LogP contribution in [0, 0.1) is 0 Å². The van der Waals surface area contributed by atoms with Crippen molar-refractivity contribution in [3.63, 3.8) is 0 Å². The van der Waals surface area contributed by atoms with Crippen molar-refractivity contribution < 1.29 is 9.53 Å².